The summed E-state index contributed by atoms with van der Waals surface area (Å²) in [7, 11) is 0. The number of furan rings is 1. The van der Waals surface area contributed by atoms with Gasteiger partial charge in [-0.25, -0.2) is 4.98 Å². The first-order chi connectivity index (χ1) is 14.6. The van der Waals surface area contributed by atoms with Gasteiger partial charge in [0.2, 0.25) is 5.58 Å². The summed E-state index contributed by atoms with van der Waals surface area (Å²) in [6.07, 6.45) is 2.44. The van der Waals surface area contributed by atoms with Gasteiger partial charge in [-0.15, -0.1) is 0 Å². The van der Waals surface area contributed by atoms with Crippen molar-refractivity contribution in [3.63, 3.8) is 0 Å². The topological polar surface area (TPSA) is 83.0 Å². The van der Waals surface area contributed by atoms with E-state index >= 15 is 0 Å². The predicted octanol–water partition coefficient (Wildman–Crippen LogP) is 5.16. The average molecular weight is 488 g/mol. The summed E-state index contributed by atoms with van der Waals surface area (Å²) in [5.41, 5.74) is 2.65. The Bertz CT molecular complexity index is 1290. The molecule has 4 aromatic rings. The second-order valence-electron chi connectivity index (χ2n) is 7.62. The Kier molecular flexibility index (Phi) is 5.26. The fourth-order valence-corrected chi connectivity index (χ4v) is 4.56. The van der Waals surface area contributed by atoms with Crippen LogP contribution in [0.1, 0.15) is 12.8 Å². The lowest BCUT2D eigenvalue weighted by Crippen LogP contribution is -2.33. The number of benzene rings is 2. The lowest BCUT2D eigenvalue weighted by atomic mass is 10.00. The molecule has 0 aliphatic carbocycles. The van der Waals surface area contributed by atoms with E-state index in [1.165, 1.54) is 12.8 Å². The average Bonchev–Trinajstić information content (AvgIpc) is 3.11. The highest BCUT2D eigenvalue weighted by Crippen LogP contribution is 2.32. The molecule has 0 spiro atoms. The van der Waals surface area contributed by atoms with Crippen LogP contribution in [0.2, 0.25) is 5.02 Å². The van der Waals surface area contributed by atoms with Crippen molar-refractivity contribution in [2.24, 2.45) is 5.92 Å². The molecule has 2 aromatic heterocycles. The van der Waals surface area contributed by atoms with Crippen LogP contribution in [0.4, 0.5) is 5.69 Å². The number of aromatic nitrogens is 2. The molecular formula is C22H20BrClN4O2. The monoisotopic (exact) mass is 486 g/mol. The Labute approximate surface area is 186 Å². The van der Waals surface area contributed by atoms with Gasteiger partial charge < -0.3 is 20.0 Å². The maximum absolute atomic E-state index is 12.6. The summed E-state index contributed by atoms with van der Waals surface area (Å²) in [4.78, 5) is 20.1. The van der Waals surface area contributed by atoms with E-state index in [1.54, 1.807) is 0 Å². The van der Waals surface area contributed by atoms with Gasteiger partial charge in [0.1, 0.15) is 16.9 Å². The van der Waals surface area contributed by atoms with Gasteiger partial charge in [0.05, 0.1) is 5.02 Å². The Hall–Kier alpha value is -2.35. The van der Waals surface area contributed by atoms with E-state index in [0.717, 1.165) is 35.2 Å². The number of rotatable bonds is 4. The molecule has 0 saturated carbocycles. The van der Waals surface area contributed by atoms with Crippen LogP contribution in [-0.2, 0) is 0 Å². The summed E-state index contributed by atoms with van der Waals surface area (Å²) in [5.74, 6) is 1.04. The summed E-state index contributed by atoms with van der Waals surface area (Å²) >= 11 is 10.0. The highest BCUT2D eigenvalue weighted by molar-refractivity contribution is 9.10. The number of nitrogens with one attached hydrogen (secondary N) is 3. The zero-order valence-electron chi connectivity index (χ0n) is 16.1. The van der Waals surface area contributed by atoms with E-state index in [1.807, 2.05) is 36.4 Å². The Balaban J connectivity index is 1.48. The summed E-state index contributed by atoms with van der Waals surface area (Å²) < 4.78 is 6.58. The fraction of sp³-hybridized carbons (Fsp3) is 0.273. The van der Waals surface area contributed by atoms with Crippen molar-refractivity contribution >= 4 is 55.3 Å². The van der Waals surface area contributed by atoms with Gasteiger partial charge in [0.25, 0.3) is 5.56 Å². The van der Waals surface area contributed by atoms with Crippen LogP contribution in [0, 0.1) is 5.92 Å². The highest BCUT2D eigenvalue weighted by atomic mass is 79.9. The Morgan fingerprint density at radius 1 is 1.27 bits per heavy atom. The predicted molar refractivity (Wildman–Crippen MR) is 124 cm³/mol. The van der Waals surface area contributed by atoms with Gasteiger partial charge in [-0.3, -0.25) is 4.79 Å². The standard InChI is InChI=1S/C22H20BrClN4O2/c23-13-3-6-18-16(8-13)19-20(30-18)22(29)28-21(27-19)15-5-4-14(9-17(15)24)26-11-12-2-1-7-25-10-12/h3-6,8-9,12,25-26H,1-2,7,10-11H2,(H,27,28,29). The van der Waals surface area contributed by atoms with Gasteiger partial charge in [-0.05, 0) is 68.2 Å². The number of H-pyrrole nitrogens is 1. The molecule has 6 nitrogen and oxygen atoms in total. The van der Waals surface area contributed by atoms with E-state index in [2.05, 4.69) is 36.5 Å². The maximum atomic E-state index is 12.6. The zero-order valence-corrected chi connectivity index (χ0v) is 18.4. The van der Waals surface area contributed by atoms with Crippen LogP contribution in [0.3, 0.4) is 0 Å². The van der Waals surface area contributed by atoms with Crippen LogP contribution < -0.4 is 16.2 Å². The van der Waals surface area contributed by atoms with Gasteiger partial charge in [0.15, 0.2) is 0 Å². The largest absolute Gasteiger partial charge is 0.449 e. The van der Waals surface area contributed by atoms with Crippen molar-refractivity contribution in [3.8, 4) is 11.4 Å². The molecule has 2 aromatic carbocycles. The van der Waals surface area contributed by atoms with E-state index in [9.17, 15) is 4.79 Å². The lowest BCUT2D eigenvalue weighted by molar-refractivity contribution is 0.393. The summed E-state index contributed by atoms with van der Waals surface area (Å²) in [6.45, 7) is 3.05. The lowest BCUT2D eigenvalue weighted by Gasteiger charge is -2.23. The van der Waals surface area contributed by atoms with Crippen molar-refractivity contribution in [3.05, 3.63) is 56.2 Å². The number of hydrogen-bond donors (Lipinski definition) is 3. The molecule has 5 rings (SSSR count). The van der Waals surface area contributed by atoms with Crippen LogP contribution >= 0.6 is 27.5 Å². The molecule has 0 radical (unpaired) electrons. The van der Waals surface area contributed by atoms with Crippen molar-refractivity contribution in [1.29, 1.82) is 0 Å². The van der Waals surface area contributed by atoms with Crippen LogP contribution in [0.15, 0.2) is 50.1 Å². The third-order valence-electron chi connectivity index (χ3n) is 5.50. The van der Waals surface area contributed by atoms with Gasteiger partial charge in [-0.1, -0.05) is 27.5 Å². The molecule has 1 atom stereocenters. The number of halogens is 2. The normalized spacial score (nSPS) is 16.9. The van der Waals surface area contributed by atoms with Gasteiger partial charge in [0, 0.05) is 27.7 Å². The first-order valence-corrected chi connectivity index (χ1v) is 11.1. The number of fused-ring (bicyclic) bond motifs is 3. The number of aromatic amines is 1. The second-order valence-corrected chi connectivity index (χ2v) is 8.95. The summed E-state index contributed by atoms with van der Waals surface area (Å²) in [5, 5.41) is 8.20. The third kappa shape index (κ3) is 3.73. The van der Waals surface area contributed by atoms with E-state index in [-0.39, 0.29) is 11.1 Å². The maximum Gasteiger partial charge on any atom is 0.294 e. The van der Waals surface area contributed by atoms with Crippen molar-refractivity contribution in [2.45, 2.75) is 12.8 Å². The number of anilines is 1. The minimum absolute atomic E-state index is 0.211. The van der Waals surface area contributed by atoms with Crippen LogP contribution in [0.5, 0.6) is 0 Å². The molecule has 8 heteroatoms. The van der Waals surface area contributed by atoms with E-state index in [0.29, 0.717) is 33.4 Å². The molecule has 1 unspecified atom stereocenters. The molecule has 0 bridgehead atoms. The quantitative estimate of drug-likeness (QED) is 0.370. The minimum atomic E-state index is -0.328. The molecule has 154 valence electrons. The van der Waals surface area contributed by atoms with Crippen molar-refractivity contribution < 1.29 is 4.42 Å². The van der Waals surface area contributed by atoms with Crippen molar-refractivity contribution in [1.82, 2.24) is 15.3 Å². The molecule has 1 saturated heterocycles. The van der Waals surface area contributed by atoms with Crippen molar-refractivity contribution in [2.75, 3.05) is 25.0 Å². The Morgan fingerprint density at radius 2 is 2.17 bits per heavy atom. The molecule has 0 amide bonds. The van der Waals surface area contributed by atoms with Gasteiger partial charge >= 0.3 is 0 Å². The molecule has 1 fully saturated rings. The number of nitrogens with zero attached hydrogens (tertiary/aromatic N) is 1. The zero-order chi connectivity index (χ0) is 20.7. The highest BCUT2D eigenvalue weighted by Gasteiger charge is 2.17. The molecule has 30 heavy (non-hydrogen) atoms. The second kappa shape index (κ2) is 8.06. The van der Waals surface area contributed by atoms with Crippen LogP contribution in [0.25, 0.3) is 33.5 Å². The molecular weight excluding hydrogens is 468 g/mol. The van der Waals surface area contributed by atoms with Crippen LogP contribution in [-0.4, -0.2) is 29.6 Å². The molecule has 1 aliphatic heterocycles. The van der Waals surface area contributed by atoms with Gasteiger partial charge in [-0.2, -0.15) is 0 Å². The Morgan fingerprint density at radius 3 is 2.97 bits per heavy atom. The van der Waals surface area contributed by atoms with E-state index < -0.39 is 0 Å². The molecule has 3 N–H and O–H groups in total. The first-order valence-electron chi connectivity index (χ1n) is 9.95. The summed E-state index contributed by atoms with van der Waals surface area (Å²) in [6, 6.07) is 11.3. The van der Waals surface area contributed by atoms with E-state index in [4.69, 9.17) is 16.0 Å². The number of piperidine rings is 1. The fourth-order valence-electron chi connectivity index (χ4n) is 3.93. The molecule has 3 heterocycles. The minimum Gasteiger partial charge on any atom is -0.449 e. The smallest absolute Gasteiger partial charge is 0.294 e. The third-order valence-corrected chi connectivity index (χ3v) is 6.31. The first kappa shape index (κ1) is 19.6. The SMILES string of the molecule is O=c1[nH]c(-c2ccc(NCC3CCCNC3)cc2Cl)nc2c1oc1ccc(Br)cc12. The molecule has 1 aliphatic rings. The number of hydrogen-bond acceptors (Lipinski definition) is 5.